The van der Waals surface area contributed by atoms with Crippen LogP contribution in [-0.4, -0.2) is 27.6 Å². The van der Waals surface area contributed by atoms with Crippen molar-refractivity contribution in [2.24, 2.45) is 0 Å². The summed E-state index contributed by atoms with van der Waals surface area (Å²) in [6, 6.07) is 8.43. The Labute approximate surface area is 136 Å². The second-order valence-corrected chi connectivity index (χ2v) is 6.31. The predicted molar refractivity (Wildman–Crippen MR) is 86.9 cm³/mol. The third kappa shape index (κ3) is 3.68. The number of piperidine rings is 1. The molecule has 22 heavy (non-hydrogen) atoms. The molecular formula is C17H22ClN3O. The molecule has 1 aromatic carbocycles. The summed E-state index contributed by atoms with van der Waals surface area (Å²) in [6.45, 7) is 4.13. The highest BCUT2D eigenvalue weighted by Gasteiger charge is 2.22. The third-order valence-electron chi connectivity index (χ3n) is 4.38. The summed E-state index contributed by atoms with van der Waals surface area (Å²) >= 11 is 6.18. The topological polar surface area (TPSA) is 42.2 Å². The SMILES string of the molecule is CC[C@@H]1CCCCN1Cc1nc(Cc2ccccc2Cl)no1. The fourth-order valence-electron chi connectivity index (χ4n) is 3.14. The first kappa shape index (κ1) is 15.5. The highest BCUT2D eigenvalue weighted by atomic mass is 35.5. The van der Waals surface area contributed by atoms with Gasteiger partial charge in [-0.25, -0.2) is 0 Å². The van der Waals surface area contributed by atoms with Crippen LogP contribution in [0.4, 0.5) is 0 Å². The van der Waals surface area contributed by atoms with Gasteiger partial charge >= 0.3 is 0 Å². The minimum Gasteiger partial charge on any atom is -0.338 e. The Hall–Kier alpha value is -1.39. The summed E-state index contributed by atoms with van der Waals surface area (Å²) in [7, 11) is 0. The largest absolute Gasteiger partial charge is 0.338 e. The molecule has 3 rings (SSSR count). The Morgan fingerprint density at radius 1 is 1.32 bits per heavy atom. The van der Waals surface area contributed by atoms with Gasteiger partial charge in [-0.3, -0.25) is 4.90 Å². The molecule has 0 amide bonds. The van der Waals surface area contributed by atoms with Crippen LogP contribution >= 0.6 is 11.6 Å². The molecule has 0 N–H and O–H groups in total. The van der Waals surface area contributed by atoms with E-state index in [1.807, 2.05) is 24.3 Å². The maximum absolute atomic E-state index is 6.18. The van der Waals surface area contributed by atoms with Gasteiger partial charge in [-0.2, -0.15) is 4.98 Å². The van der Waals surface area contributed by atoms with E-state index in [2.05, 4.69) is 22.0 Å². The molecule has 0 bridgehead atoms. The van der Waals surface area contributed by atoms with Crippen molar-refractivity contribution < 1.29 is 4.52 Å². The second kappa shape index (κ2) is 7.25. The van der Waals surface area contributed by atoms with Gasteiger partial charge in [-0.1, -0.05) is 48.3 Å². The molecule has 1 aliphatic heterocycles. The average Bonchev–Trinajstić information content (AvgIpc) is 2.97. The zero-order chi connectivity index (χ0) is 15.4. The van der Waals surface area contributed by atoms with Crippen LogP contribution in [0.5, 0.6) is 0 Å². The number of nitrogens with zero attached hydrogens (tertiary/aromatic N) is 3. The molecule has 2 aromatic rings. The van der Waals surface area contributed by atoms with Gasteiger partial charge in [-0.05, 0) is 37.4 Å². The number of hydrogen-bond donors (Lipinski definition) is 0. The van der Waals surface area contributed by atoms with Crippen molar-refractivity contribution in [3.63, 3.8) is 0 Å². The summed E-state index contributed by atoms with van der Waals surface area (Å²) in [5, 5.41) is 4.84. The quantitative estimate of drug-likeness (QED) is 0.833. The standard InChI is InChI=1S/C17H22ClN3O/c1-2-14-8-5-6-10-21(14)12-17-19-16(20-22-17)11-13-7-3-4-9-15(13)18/h3-4,7,9,14H,2,5-6,8,10-12H2,1H3/t14-/m1/s1. The van der Waals surface area contributed by atoms with Crippen LogP contribution < -0.4 is 0 Å². The Kier molecular flexibility index (Phi) is 5.11. The first-order valence-electron chi connectivity index (χ1n) is 8.05. The van der Waals surface area contributed by atoms with Crippen molar-refractivity contribution >= 4 is 11.6 Å². The van der Waals surface area contributed by atoms with Crippen molar-refractivity contribution in [3.8, 4) is 0 Å². The summed E-state index contributed by atoms with van der Waals surface area (Å²) < 4.78 is 5.43. The van der Waals surface area contributed by atoms with Gasteiger partial charge in [0.25, 0.3) is 0 Å². The average molecular weight is 320 g/mol. The highest BCUT2D eigenvalue weighted by Crippen LogP contribution is 2.22. The minimum atomic E-state index is 0.611. The molecule has 1 saturated heterocycles. The molecule has 0 saturated carbocycles. The third-order valence-corrected chi connectivity index (χ3v) is 4.74. The molecule has 2 heterocycles. The Morgan fingerprint density at radius 2 is 2.18 bits per heavy atom. The lowest BCUT2D eigenvalue weighted by molar-refractivity contribution is 0.120. The number of hydrogen-bond acceptors (Lipinski definition) is 4. The van der Waals surface area contributed by atoms with E-state index in [4.69, 9.17) is 16.1 Å². The zero-order valence-electron chi connectivity index (χ0n) is 13.0. The van der Waals surface area contributed by atoms with Crippen molar-refractivity contribution in [1.82, 2.24) is 15.0 Å². The van der Waals surface area contributed by atoms with Gasteiger partial charge < -0.3 is 4.52 Å². The lowest BCUT2D eigenvalue weighted by Crippen LogP contribution is -2.38. The van der Waals surface area contributed by atoms with Gasteiger partial charge in [0.15, 0.2) is 5.82 Å². The molecule has 0 aliphatic carbocycles. The van der Waals surface area contributed by atoms with Crippen LogP contribution in [0.25, 0.3) is 0 Å². The van der Waals surface area contributed by atoms with Crippen LogP contribution in [0.15, 0.2) is 28.8 Å². The Bertz CT molecular complexity index is 613. The predicted octanol–water partition coefficient (Wildman–Crippen LogP) is 4.08. The van der Waals surface area contributed by atoms with Gasteiger partial charge in [0.1, 0.15) is 0 Å². The summed E-state index contributed by atoms with van der Waals surface area (Å²) in [5.41, 5.74) is 1.03. The second-order valence-electron chi connectivity index (χ2n) is 5.90. The first-order chi connectivity index (χ1) is 10.8. The molecule has 0 spiro atoms. The van der Waals surface area contributed by atoms with Gasteiger partial charge in [0.05, 0.1) is 6.54 Å². The van der Waals surface area contributed by atoms with Crippen molar-refractivity contribution in [1.29, 1.82) is 0 Å². The smallest absolute Gasteiger partial charge is 0.240 e. The van der Waals surface area contributed by atoms with Crippen molar-refractivity contribution in [3.05, 3.63) is 46.6 Å². The molecule has 1 aliphatic rings. The molecule has 5 heteroatoms. The zero-order valence-corrected chi connectivity index (χ0v) is 13.7. The van der Waals surface area contributed by atoms with E-state index in [0.717, 1.165) is 23.7 Å². The van der Waals surface area contributed by atoms with Crippen LogP contribution in [0, 0.1) is 0 Å². The van der Waals surface area contributed by atoms with Gasteiger partial charge in [-0.15, -0.1) is 0 Å². The van der Waals surface area contributed by atoms with E-state index < -0.39 is 0 Å². The first-order valence-corrected chi connectivity index (χ1v) is 8.43. The summed E-state index contributed by atoms with van der Waals surface area (Å²) in [6.07, 6.45) is 5.66. The van der Waals surface area contributed by atoms with Crippen LogP contribution in [0.3, 0.4) is 0 Å². The van der Waals surface area contributed by atoms with Crippen LogP contribution in [0.2, 0.25) is 5.02 Å². The molecule has 0 radical (unpaired) electrons. The van der Waals surface area contributed by atoms with E-state index in [0.29, 0.717) is 24.2 Å². The maximum atomic E-state index is 6.18. The summed E-state index contributed by atoms with van der Waals surface area (Å²) in [5.74, 6) is 1.41. The van der Waals surface area contributed by atoms with E-state index in [1.165, 1.54) is 25.7 Å². The molecule has 4 nitrogen and oxygen atoms in total. The fourth-order valence-corrected chi connectivity index (χ4v) is 3.35. The molecule has 1 aromatic heterocycles. The van der Waals surface area contributed by atoms with Gasteiger partial charge in [0.2, 0.25) is 5.89 Å². The molecule has 118 valence electrons. The van der Waals surface area contributed by atoms with E-state index in [1.54, 1.807) is 0 Å². The molecule has 1 atom stereocenters. The monoisotopic (exact) mass is 319 g/mol. The van der Waals surface area contributed by atoms with E-state index >= 15 is 0 Å². The number of rotatable bonds is 5. The lowest BCUT2D eigenvalue weighted by atomic mass is 10.0. The normalized spacial score (nSPS) is 19.5. The van der Waals surface area contributed by atoms with E-state index in [-0.39, 0.29) is 0 Å². The molecule has 0 unspecified atom stereocenters. The Morgan fingerprint density at radius 3 is 3.00 bits per heavy atom. The highest BCUT2D eigenvalue weighted by molar-refractivity contribution is 6.31. The molecule has 1 fully saturated rings. The maximum Gasteiger partial charge on any atom is 0.240 e. The minimum absolute atomic E-state index is 0.611. The number of halogens is 1. The van der Waals surface area contributed by atoms with Crippen LogP contribution in [-0.2, 0) is 13.0 Å². The summed E-state index contributed by atoms with van der Waals surface area (Å²) in [4.78, 5) is 7.00. The fraction of sp³-hybridized carbons (Fsp3) is 0.529. The number of aromatic nitrogens is 2. The van der Waals surface area contributed by atoms with Gasteiger partial charge in [0, 0.05) is 17.5 Å². The number of likely N-dealkylation sites (tertiary alicyclic amines) is 1. The van der Waals surface area contributed by atoms with Crippen molar-refractivity contribution in [2.45, 2.75) is 51.6 Å². The Balaban J connectivity index is 1.65. The van der Waals surface area contributed by atoms with Crippen LogP contribution in [0.1, 0.15) is 49.9 Å². The van der Waals surface area contributed by atoms with E-state index in [9.17, 15) is 0 Å². The number of benzene rings is 1. The molecular weight excluding hydrogens is 298 g/mol. The van der Waals surface area contributed by atoms with Crippen molar-refractivity contribution in [2.75, 3.05) is 6.54 Å². The lowest BCUT2D eigenvalue weighted by Gasteiger charge is -2.33.